The first kappa shape index (κ1) is 10.5. The van der Waals surface area contributed by atoms with Crippen LogP contribution >= 0.6 is 0 Å². The topological polar surface area (TPSA) is 34.4 Å². The fraction of sp³-hybridized carbons (Fsp3) is 0.500. The number of rotatable bonds is 5. The van der Waals surface area contributed by atoms with Crippen molar-refractivity contribution in [1.29, 1.82) is 0 Å². The van der Waals surface area contributed by atoms with Gasteiger partial charge in [-0.15, -0.1) is 0 Å². The predicted octanol–water partition coefficient (Wildman–Crippen LogP) is 1.92. The van der Waals surface area contributed by atoms with Crippen LogP contribution in [-0.2, 0) is 4.74 Å². The summed E-state index contributed by atoms with van der Waals surface area (Å²) in [6.45, 7) is 3.77. The van der Waals surface area contributed by atoms with Crippen LogP contribution in [0, 0.1) is 5.92 Å². The number of ether oxygens (including phenoxy) is 1. The maximum absolute atomic E-state index is 5.30. The standard InChI is InChI=1S/C12H17NO2/c1(3-12-4-2-7-15-12)6-13-9-11-5-8-14-10-11/h1-4,7,11,13H,5-6,8-10H2/b3-1+. The number of hydrogen-bond acceptors (Lipinski definition) is 3. The number of furan rings is 1. The first-order valence-electron chi connectivity index (χ1n) is 5.43. The van der Waals surface area contributed by atoms with Crippen LogP contribution in [0.15, 0.2) is 28.9 Å². The van der Waals surface area contributed by atoms with E-state index < -0.39 is 0 Å². The molecule has 1 aliphatic rings. The van der Waals surface area contributed by atoms with Crippen LogP contribution in [0.4, 0.5) is 0 Å². The molecular formula is C12H17NO2. The van der Waals surface area contributed by atoms with E-state index in [1.807, 2.05) is 18.2 Å². The summed E-state index contributed by atoms with van der Waals surface area (Å²) in [6.07, 6.45) is 6.94. The van der Waals surface area contributed by atoms with Gasteiger partial charge in [-0.3, -0.25) is 0 Å². The van der Waals surface area contributed by atoms with Crippen LogP contribution in [0.1, 0.15) is 12.2 Å². The molecule has 1 N–H and O–H groups in total. The van der Waals surface area contributed by atoms with E-state index in [-0.39, 0.29) is 0 Å². The van der Waals surface area contributed by atoms with Crippen molar-refractivity contribution in [3.8, 4) is 0 Å². The number of hydrogen-bond donors (Lipinski definition) is 1. The minimum Gasteiger partial charge on any atom is -0.465 e. The van der Waals surface area contributed by atoms with Gasteiger partial charge in [0.05, 0.1) is 12.9 Å². The minimum absolute atomic E-state index is 0.696. The molecule has 0 bridgehead atoms. The summed E-state index contributed by atoms with van der Waals surface area (Å²) >= 11 is 0. The lowest BCUT2D eigenvalue weighted by Gasteiger charge is -2.06. The van der Waals surface area contributed by atoms with Crippen LogP contribution in [0.5, 0.6) is 0 Å². The van der Waals surface area contributed by atoms with Crippen molar-refractivity contribution >= 4 is 6.08 Å². The molecule has 0 aliphatic carbocycles. The predicted molar refractivity (Wildman–Crippen MR) is 59.5 cm³/mol. The van der Waals surface area contributed by atoms with E-state index in [1.54, 1.807) is 6.26 Å². The van der Waals surface area contributed by atoms with Crippen molar-refractivity contribution in [2.24, 2.45) is 5.92 Å². The van der Waals surface area contributed by atoms with Gasteiger partial charge < -0.3 is 14.5 Å². The summed E-state index contributed by atoms with van der Waals surface area (Å²) in [4.78, 5) is 0. The van der Waals surface area contributed by atoms with Gasteiger partial charge in [-0.2, -0.15) is 0 Å². The average Bonchev–Trinajstić information content (AvgIpc) is 2.88. The highest BCUT2D eigenvalue weighted by Gasteiger charge is 2.13. The largest absolute Gasteiger partial charge is 0.465 e. The fourth-order valence-corrected chi connectivity index (χ4v) is 1.68. The summed E-state index contributed by atoms with van der Waals surface area (Å²) in [7, 11) is 0. The van der Waals surface area contributed by atoms with Crippen molar-refractivity contribution in [3.63, 3.8) is 0 Å². The van der Waals surface area contributed by atoms with Crippen LogP contribution < -0.4 is 5.32 Å². The van der Waals surface area contributed by atoms with Gasteiger partial charge in [0.25, 0.3) is 0 Å². The second kappa shape index (κ2) is 5.73. The van der Waals surface area contributed by atoms with Crippen molar-refractivity contribution in [2.75, 3.05) is 26.3 Å². The molecule has 1 aromatic rings. The zero-order valence-corrected chi connectivity index (χ0v) is 8.82. The van der Waals surface area contributed by atoms with E-state index in [9.17, 15) is 0 Å². The molecule has 2 rings (SSSR count). The van der Waals surface area contributed by atoms with Gasteiger partial charge in [0.1, 0.15) is 5.76 Å². The first-order chi connectivity index (χ1) is 7.45. The van der Waals surface area contributed by atoms with Crippen molar-refractivity contribution in [2.45, 2.75) is 6.42 Å². The Morgan fingerprint density at radius 3 is 3.27 bits per heavy atom. The average molecular weight is 207 g/mol. The zero-order chi connectivity index (χ0) is 10.3. The second-order valence-corrected chi connectivity index (χ2v) is 3.81. The quantitative estimate of drug-likeness (QED) is 0.749. The molecule has 0 saturated carbocycles. The molecule has 1 atom stereocenters. The molecule has 1 fully saturated rings. The van der Waals surface area contributed by atoms with E-state index in [0.29, 0.717) is 5.92 Å². The molecule has 3 nitrogen and oxygen atoms in total. The summed E-state index contributed by atoms with van der Waals surface area (Å²) in [5.41, 5.74) is 0. The summed E-state index contributed by atoms with van der Waals surface area (Å²) < 4.78 is 10.5. The van der Waals surface area contributed by atoms with Crippen LogP contribution in [-0.4, -0.2) is 26.3 Å². The van der Waals surface area contributed by atoms with E-state index in [4.69, 9.17) is 9.15 Å². The lowest BCUT2D eigenvalue weighted by Crippen LogP contribution is -2.22. The van der Waals surface area contributed by atoms with Crippen LogP contribution in [0.25, 0.3) is 6.08 Å². The van der Waals surface area contributed by atoms with E-state index in [0.717, 1.165) is 32.1 Å². The molecule has 1 saturated heterocycles. The van der Waals surface area contributed by atoms with Gasteiger partial charge in [-0.1, -0.05) is 6.08 Å². The Hall–Kier alpha value is -1.06. The zero-order valence-electron chi connectivity index (χ0n) is 8.82. The lowest BCUT2D eigenvalue weighted by molar-refractivity contribution is 0.185. The van der Waals surface area contributed by atoms with Crippen LogP contribution in [0.2, 0.25) is 0 Å². The summed E-state index contributed by atoms with van der Waals surface area (Å²) in [5, 5.41) is 3.38. The third-order valence-corrected chi connectivity index (χ3v) is 2.54. The molecule has 1 aliphatic heterocycles. The van der Waals surface area contributed by atoms with E-state index >= 15 is 0 Å². The molecule has 3 heteroatoms. The van der Waals surface area contributed by atoms with E-state index in [2.05, 4.69) is 11.4 Å². The SMILES string of the molecule is C(=C\c1ccco1)/CNCC1CCOC1. The molecule has 0 aromatic carbocycles. The van der Waals surface area contributed by atoms with Gasteiger partial charge >= 0.3 is 0 Å². The molecular weight excluding hydrogens is 190 g/mol. The lowest BCUT2D eigenvalue weighted by atomic mass is 10.1. The van der Waals surface area contributed by atoms with Gasteiger partial charge in [-0.25, -0.2) is 0 Å². The maximum Gasteiger partial charge on any atom is 0.126 e. The molecule has 1 unspecified atom stereocenters. The molecule has 82 valence electrons. The monoisotopic (exact) mass is 207 g/mol. The second-order valence-electron chi connectivity index (χ2n) is 3.81. The third kappa shape index (κ3) is 3.53. The van der Waals surface area contributed by atoms with Crippen molar-refractivity contribution < 1.29 is 9.15 Å². The first-order valence-corrected chi connectivity index (χ1v) is 5.43. The molecule has 0 amide bonds. The highest BCUT2D eigenvalue weighted by molar-refractivity contribution is 5.42. The highest BCUT2D eigenvalue weighted by atomic mass is 16.5. The maximum atomic E-state index is 5.30. The smallest absolute Gasteiger partial charge is 0.126 e. The molecule has 0 spiro atoms. The normalized spacial score (nSPS) is 21.5. The van der Waals surface area contributed by atoms with Crippen molar-refractivity contribution in [3.05, 3.63) is 30.2 Å². The Balaban J connectivity index is 1.58. The molecule has 2 heterocycles. The Morgan fingerprint density at radius 1 is 1.53 bits per heavy atom. The van der Waals surface area contributed by atoms with Crippen molar-refractivity contribution in [1.82, 2.24) is 5.32 Å². The molecule has 1 aromatic heterocycles. The van der Waals surface area contributed by atoms with Crippen LogP contribution in [0.3, 0.4) is 0 Å². The van der Waals surface area contributed by atoms with Gasteiger partial charge in [-0.05, 0) is 30.5 Å². The van der Waals surface area contributed by atoms with E-state index in [1.165, 1.54) is 6.42 Å². The third-order valence-electron chi connectivity index (χ3n) is 2.54. The van der Waals surface area contributed by atoms with Gasteiger partial charge in [0, 0.05) is 19.7 Å². The molecule has 15 heavy (non-hydrogen) atoms. The minimum atomic E-state index is 0.696. The fourth-order valence-electron chi connectivity index (χ4n) is 1.68. The Labute approximate surface area is 90.1 Å². The van der Waals surface area contributed by atoms with Gasteiger partial charge in [0.2, 0.25) is 0 Å². The summed E-state index contributed by atoms with van der Waals surface area (Å²) in [6, 6.07) is 3.84. The summed E-state index contributed by atoms with van der Waals surface area (Å²) in [5.74, 6) is 1.60. The molecule has 0 radical (unpaired) electrons. The Morgan fingerprint density at radius 2 is 2.53 bits per heavy atom. The Bertz CT molecular complexity index is 287. The van der Waals surface area contributed by atoms with Gasteiger partial charge in [0.15, 0.2) is 0 Å². The number of nitrogens with one attached hydrogen (secondary N) is 1. The Kier molecular flexibility index (Phi) is 4.00. The highest BCUT2D eigenvalue weighted by Crippen LogP contribution is 2.10.